The number of aromatic nitrogens is 1. The van der Waals surface area contributed by atoms with Crippen LogP contribution in [-0.4, -0.2) is 10.1 Å². The summed E-state index contributed by atoms with van der Waals surface area (Å²) >= 11 is 3.28. The number of nitriles is 1. The van der Waals surface area contributed by atoms with E-state index in [0.29, 0.717) is 12.0 Å². The van der Waals surface area contributed by atoms with Crippen LogP contribution in [0.15, 0.2) is 22.9 Å². The van der Waals surface area contributed by atoms with Crippen LogP contribution in [-0.2, 0) is 0 Å². The van der Waals surface area contributed by atoms with E-state index in [1.54, 1.807) is 18.5 Å². The molecule has 0 saturated heterocycles. The van der Waals surface area contributed by atoms with Crippen molar-refractivity contribution in [2.75, 3.05) is 0 Å². The molecule has 2 atom stereocenters. The number of hydrogen-bond acceptors (Lipinski definition) is 3. The van der Waals surface area contributed by atoms with Crippen LogP contribution in [0, 0.1) is 17.2 Å². The third kappa shape index (κ3) is 3.29. The van der Waals surface area contributed by atoms with Crippen molar-refractivity contribution in [2.45, 2.75) is 25.9 Å². The SMILES string of the molecule is CCCC(C#N)C(O)c1cncc(Br)c1. The first-order valence-electron chi connectivity index (χ1n) is 4.87. The Kier molecular flexibility index (Phi) is 4.73. The Bertz CT molecular complexity index is 362. The molecule has 0 aliphatic heterocycles. The summed E-state index contributed by atoms with van der Waals surface area (Å²) in [6, 6.07) is 3.92. The van der Waals surface area contributed by atoms with E-state index in [0.717, 1.165) is 10.9 Å². The van der Waals surface area contributed by atoms with E-state index < -0.39 is 6.10 Å². The maximum absolute atomic E-state index is 9.95. The minimum Gasteiger partial charge on any atom is -0.387 e. The lowest BCUT2D eigenvalue weighted by atomic mass is 9.94. The fourth-order valence-electron chi connectivity index (χ4n) is 1.43. The van der Waals surface area contributed by atoms with Crippen molar-refractivity contribution in [3.63, 3.8) is 0 Å². The van der Waals surface area contributed by atoms with Gasteiger partial charge in [0.15, 0.2) is 0 Å². The molecule has 0 aliphatic rings. The molecule has 1 rings (SSSR count). The molecule has 0 saturated carbocycles. The number of rotatable bonds is 4. The highest BCUT2D eigenvalue weighted by atomic mass is 79.9. The van der Waals surface area contributed by atoms with E-state index in [2.05, 4.69) is 27.0 Å². The lowest BCUT2D eigenvalue weighted by molar-refractivity contribution is 0.129. The Morgan fingerprint density at radius 2 is 2.33 bits per heavy atom. The highest BCUT2D eigenvalue weighted by Crippen LogP contribution is 2.26. The third-order valence-electron chi connectivity index (χ3n) is 2.21. The Hall–Kier alpha value is -0.920. The first-order valence-corrected chi connectivity index (χ1v) is 5.66. The monoisotopic (exact) mass is 268 g/mol. The van der Waals surface area contributed by atoms with Crippen LogP contribution in [0.3, 0.4) is 0 Å². The van der Waals surface area contributed by atoms with Crippen LogP contribution >= 0.6 is 15.9 Å². The maximum Gasteiger partial charge on any atom is 0.0963 e. The van der Waals surface area contributed by atoms with Gasteiger partial charge in [0.1, 0.15) is 0 Å². The lowest BCUT2D eigenvalue weighted by Crippen LogP contribution is -2.10. The average molecular weight is 269 g/mol. The number of aliphatic hydroxyl groups is 1. The Morgan fingerprint density at radius 1 is 1.60 bits per heavy atom. The van der Waals surface area contributed by atoms with Gasteiger partial charge >= 0.3 is 0 Å². The number of hydrogen-bond donors (Lipinski definition) is 1. The number of aliphatic hydroxyl groups excluding tert-OH is 1. The van der Waals surface area contributed by atoms with E-state index in [1.165, 1.54) is 0 Å². The highest BCUT2D eigenvalue weighted by Gasteiger charge is 2.20. The van der Waals surface area contributed by atoms with Crippen LogP contribution in [0.1, 0.15) is 31.4 Å². The zero-order valence-corrected chi connectivity index (χ0v) is 10.1. The predicted octanol–water partition coefficient (Wildman–Crippen LogP) is 2.82. The van der Waals surface area contributed by atoms with Gasteiger partial charge in [0.05, 0.1) is 18.1 Å². The van der Waals surface area contributed by atoms with E-state index in [4.69, 9.17) is 5.26 Å². The number of pyridine rings is 1. The van der Waals surface area contributed by atoms with Crippen molar-refractivity contribution in [1.29, 1.82) is 5.26 Å². The summed E-state index contributed by atoms with van der Waals surface area (Å²) < 4.78 is 0.812. The molecular weight excluding hydrogens is 256 g/mol. The summed E-state index contributed by atoms with van der Waals surface area (Å²) in [7, 11) is 0. The highest BCUT2D eigenvalue weighted by molar-refractivity contribution is 9.10. The number of halogens is 1. The first kappa shape index (κ1) is 12.2. The van der Waals surface area contributed by atoms with Gasteiger partial charge in [-0.25, -0.2) is 0 Å². The largest absolute Gasteiger partial charge is 0.387 e. The van der Waals surface area contributed by atoms with Crippen LogP contribution in [0.25, 0.3) is 0 Å². The van der Waals surface area contributed by atoms with Gasteiger partial charge in [-0.05, 0) is 28.4 Å². The van der Waals surface area contributed by atoms with Gasteiger partial charge in [0.2, 0.25) is 0 Å². The second-order valence-corrected chi connectivity index (χ2v) is 4.32. The molecule has 80 valence electrons. The molecule has 1 N–H and O–H groups in total. The fourth-order valence-corrected chi connectivity index (χ4v) is 1.81. The molecule has 2 unspecified atom stereocenters. The van der Waals surface area contributed by atoms with Crippen molar-refractivity contribution in [3.8, 4) is 6.07 Å². The molecular formula is C11H13BrN2O. The molecule has 15 heavy (non-hydrogen) atoms. The van der Waals surface area contributed by atoms with Crippen molar-refractivity contribution in [2.24, 2.45) is 5.92 Å². The molecule has 0 radical (unpaired) electrons. The van der Waals surface area contributed by atoms with Crippen molar-refractivity contribution >= 4 is 15.9 Å². The molecule has 1 heterocycles. The fraction of sp³-hybridized carbons (Fsp3) is 0.455. The van der Waals surface area contributed by atoms with Gasteiger partial charge in [0.25, 0.3) is 0 Å². The molecule has 1 aromatic rings. The molecule has 0 spiro atoms. The first-order chi connectivity index (χ1) is 7.19. The minimum atomic E-state index is -0.750. The number of nitrogens with zero attached hydrogens (tertiary/aromatic N) is 2. The normalized spacial score (nSPS) is 14.3. The molecule has 3 nitrogen and oxygen atoms in total. The maximum atomic E-state index is 9.95. The van der Waals surface area contributed by atoms with Crippen molar-refractivity contribution in [1.82, 2.24) is 4.98 Å². The second kappa shape index (κ2) is 5.84. The van der Waals surface area contributed by atoms with Gasteiger partial charge in [-0.1, -0.05) is 13.3 Å². The van der Waals surface area contributed by atoms with Crippen molar-refractivity contribution < 1.29 is 5.11 Å². The summed E-state index contributed by atoms with van der Waals surface area (Å²) in [6.07, 6.45) is 4.08. The topological polar surface area (TPSA) is 56.9 Å². The molecule has 4 heteroatoms. The van der Waals surface area contributed by atoms with E-state index in [9.17, 15) is 5.11 Å². The van der Waals surface area contributed by atoms with Crippen molar-refractivity contribution in [3.05, 3.63) is 28.5 Å². The summed E-state index contributed by atoms with van der Waals surface area (Å²) in [4.78, 5) is 3.97. The molecule has 0 fully saturated rings. The van der Waals surface area contributed by atoms with Crippen LogP contribution in [0.2, 0.25) is 0 Å². The van der Waals surface area contributed by atoms with Gasteiger partial charge < -0.3 is 5.11 Å². The molecule has 0 bridgehead atoms. The Labute approximate surface area is 97.9 Å². The van der Waals surface area contributed by atoms with E-state index >= 15 is 0 Å². The molecule has 1 aromatic heterocycles. The zero-order chi connectivity index (χ0) is 11.3. The lowest BCUT2D eigenvalue weighted by Gasteiger charge is -2.15. The van der Waals surface area contributed by atoms with E-state index in [1.807, 2.05) is 6.92 Å². The Balaban J connectivity index is 2.83. The average Bonchev–Trinajstić information content (AvgIpc) is 2.25. The van der Waals surface area contributed by atoms with Gasteiger partial charge in [0, 0.05) is 22.4 Å². The third-order valence-corrected chi connectivity index (χ3v) is 2.65. The summed E-state index contributed by atoms with van der Waals surface area (Å²) in [6.45, 7) is 2.00. The second-order valence-electron chi connectivity index (χ2n) is 3.41. The molecule has 0 amide bonds. The summed E-state index contributed by atoms with van der Waals surface area (Å²) in [5.41, 5.74) is 0.685. The van der Waals surface area contributed by atoms with Crippen LogP contribution in [0.4, 0.5) is 0 Å². The van der Waals surface area contributed by atoms with E-state index in [-0.39, 0.29) is 5.92 Å². The quantitative estimate of drug-likeness (QED) is 0.914. The van der Waals surface area contributed by atoms with Gasteiger partial charge in [-0.15, -0.1) is 0 Å². The smallest absolute Gasteiger partial charge is 0.0963 e. The Morgan fingerprint density at radius 3 is 2.87 bits per heavy atom. The predicted molar refractivity (Wildman–Crippen MR) is 60.9 cm³/mol. The minimum absolute atomic E-state index is 0.355. The zero-order valence-electron chi connectivity index (χ0n) is 8.52. The van der Waals surface area contributed by atoms with Gasteiger partial charge in [-0.3, -0.25) is 4.98 Å². The molecule has 0 aliphatic carbocycles. The van der Waals surface area contributed by atoms with Crippen LogP contribution in [0.5, 0.6) is 0 Å². The molecule has 0 aromatic carbocycles. The standard InChI is InChI=1S/C11H13BrN2O/c1-2-3-8(5-13)11(15)9-4-10(12)7-14-6-9/h4,6-8,11,15H,2-3H2,1H3. The summed E-state index contributed by atoms with van der Waals surface area (Å²) in [5.74, 6) is -0.355. The summed E-state index contributed by atoms with van der Waals surface area (Å²) in [5, 5.41) is 18.9. The van der Waals surface area contributed by atoms with Gasteiger partial charge in [-0.2, -0.15) is 5.26 Å². The van der Waals surface area contributed by atoms with Crippen LogP contribution < -0.4 is 0 Å².